The number of anilines is 1. The van der Waals surface area contributed by atoms with Crippen molar-refractivity contribution in [3.63, 3.8) is 0 Å². The molecular formula is C12H10N2O4S. The fourth-order valence-electron chi connectivity index (χ4n) is 1.50. The monoisotopic (exact) mass is 278 g/mol. The van der Waals surface area contributed by atoms with E-state index in [2.05, 4.69) is 5.32 Å². The van der Waals surface area contributed by atoms with Gasteiger partial charge >= 0.3 is 0 Å². The third kappa shape index (κ3) is 3.29. The molecule has 0 fully saturated rings. The molecule has 0 radical (unpaired) electrons. The minimum atomic E-state index is -0.589. The molecule has 6 nitrogen and oxygen atoms in total. The number of carbonyl (C=O) groups is 1. The number of amides is 1. The number of aromatic hydroxyl groups is 1. The van der Waals surface area contributed by atoms with Crippen LogP contribution in [0.15, 0.2) is 35.7 Å². The summed E-state index contributed by atoms with van der Waals surface area (Å²) in [7, 11) is 0. The van der Waals surface area contributed by atoms with Gasteiger partial charge in [-0.2, -0.15) is 0 Å². The van der Waals surface area contributed by atoms with E-state index in [-0.39, 0.29) is 29.5 Å². The van der Waals surface area contributed by atoms with Crippen molar-refractivity contribution in [3.05, 3.63) is 50.7 Å². The topological polar surface area (TPSA) is 92.5 Å². The first kappa shape index (κ1) is 13.0. The number of benzene rings is 1. The third-order valence-corrected chi connectivity index (χ3v) is 3.26. The molecule has 0 atom stereocenters. The zero-order chi connectivity index (χ0) is 13.8. The van der Waals surface area contributed by atoms with Crippen molar-refractivity contribution in [1.82, 2.24) is 0 Å². The van der Waals surface area contributed by atoms with Crippen molar-refractivity contribution in [2.75, 3.05) is 5.32 Å². The van der Waals surface area contributed by atoms with Crippen molar-refractivity contribution in [2.45, 2.75) is 6.42 Å². The summed E-state index contributed by atoms with van der Waals surface area (Å²) in [6.45, 7) is 0. The number of nitrogens with zero attached hydrogens (tertiary/aromatic N) is 1. The van der Waals surface area contributed by atoms with Gasteiger partial charge in [0.25, 0.3) is 5.69 Å². The third-order valence-electron chi connectivity index (χ3n) is 2.38. The SMILES string of the molecule is O=C(Cc1cccs1)Nc1cc([N+](=O)[O-])ccc1O. The second-order valence-corrected chi connectivity index (χ2v) is 4.80. The summed E-state index contributed by atoms with van der Waals surface area (Å²) in [4.78, 5) is 22.6. The molecule has 2 N–H and O–H groups in total. The standard InChI is InChI=1S/C12H10N2O4S/c15-11-4-3-8(14(17)18)6-10(11)13-12(16)7-9-2-1-5-19-9/h1-6,15H,7H2,(H,13,16). The number of hydrogen-bond acceptors (Lipinski definition) is 5. The van der Waals surface area contributed by atoms with Crippen molar-refractivity contribution < 1.29 is 14.8 Å². The maximum Gasteiger partial charge on any atom is 0.271 e. The number of hydrogen-bond donors (Lipinski definition) is 2. The van der Waals surface area contributed by atoms with Crippen molar-refractivity contribution in [2.24, 2.45) is 0 Å². The number of phenolic OH excluding ortho intramolecular Hbond substituents is 1. The van der Waals surface area contributed by atoms with Crippen LogP contribution in [0.4, 0.5) is 11.4 Å². The first-order valence-electron chi connectivity index (χ1n) is 5.36. The lowest BCUT2D eigenvalue weighted by Crippen LogP contribution is -2.13. The largest absolute Gasteiger partial charge is 0.506 e. The average Bonchev–Trinajstić information content (AvgIpc) is 2.84. The fraction of sp³-hybridized carbons (Fsp3) is 0.0833. The molecule has 19 heavy (non-hydrogen) atoms. The van der Waals surface area contributed by atoms with Gasteiger partial charge in [0, 0.05) is 17.0 Å². The Labute approximate surface area is 112 Å². The fourth-order valence-corrected chi connectivity index (χ4v) is 2.21. The Morgan fingerprint density at radius 3 is 2.84 bits per heavy atom. The van der Waals surface area contributed by atoms with Crippen molar-refractivity contribution in [1.29, 1.82) is 0 Å². The number of phenols is 1. The molecule has 0 bridgehead atoms. The normalized spacial score (nSPS) is 10.1. The maximum absolute atomic E-state index is 11.7. The average molecular weight is 278 g/mol. The van der Waals surface area contributed by atoms with Gasteiger partial charge < -0.3 is 10.4 Å². The summed E-state index contributed by atoms with van der Waals surface area (Å²) in [6.07, 6.45) is 0.166. The predicted octanol–water partition coefficient (Wildman–Crippen LogP) is 2.54. The first-order valence-corrected chi connectivity index (χ1v) is 6.24. The molecule has 0 aliphatic rings. The first-order chi connectivity index (χ1) is 9.06. The number of nitro benzene ring substituents is 1. The molecule has 7 heteroatoms. The lowest BCUT2D eigenvalue weighted by Gasteiger charge is -2.06. The van der Waals surface area contributed by atoms with E-state index in [0.29, 0.717) is 0 Å². The molecule has 0 aliphatic heterocycles. The van der Waals surface area contributed by atoms with E-state index in [9.17, 15) is 20.0 Å². The van der Waals surface area contributed by atoms with Crippen LogP contribution in [0.3, 0.4) is 0 Å². The van der Waals surface area contributed by atoms with Gasteiger partial charge in [-0.15, -0.1) is 11.3 Å². The van der Waals surface area contributed by atoms with Gasteiger partial charge in [-0.25, -0.2) is 0 Å². The molecule has 1 amide bonds. The number of carbonyl (C=O) groups excluding carboxylic acids is 1. The zero-order valence-corrected chi connectivity index (χ0v) is 10.5. The van der Waals surface area contributed by atoms with Gasteiger partial charge in [0.2, 0.25) is 5.91 Å². The Kier molecular flexibility index (Phi) is 3.76. The van der Waals surface area contributed by atoms with Crippen molar-refractivity contribution >= 4 is 28.6 Å². The summed E-state index contributed by atoms with van der Waals surface area (Å²) in [5.41, 5.74) is -0.153. The molecule has 0 unspecified atom stereocenters. The van der Waals surface area contributed by atoms with Gasteiger partial charge in [0.15, 0.2) is 0 Å². The number of rotatable bonds is 4. The smallest absolute Gasteiger partial charge is 0.271 e. The minimum absolute atomic E-state index is 0.0377. The highest BCUT2D eigenvalue weighted by atomic mass is 32.1. The highest BCUT2D eigenvalue weighted by Gasteiger charge is 2.13. The summed E-state index contributed by atoms with van der Waals surface area (Å²) >= 11 is 1.44. The lowest BCUT2D eigenvalue weighted by molar-refractivity contribution is -0.384. The van der Waals surface area contributed by atoms with E-state index in [4.69, 9.17) is 0 Å². The zero-order valence-electron chi connectivity index (χ0n) is 9.70. The molecule has 2 aromatic rings. The lowest BCUT2D eigenvalue weighted by atomic mass is 10.2. The van der Waals surface area contributed by atoms with Crippen LogP contribution in [-0.2, 0) is 11.2 Å². The molecule has 2 rings (SSSR count). The summed E-state index contributed by atoms with van der Waals surface area (Å²) < 4.78 is 0. The van der Waals surface area contributed by atoms with E-state index < -0.39 is 4.92 Å². The Hall–Kier alpha value is -2.41. The quantitative estimate of drug-likeness (QED) is 0.510. The van der Waals surface area contributed by atoms with Crippen LogP contribution in [0.2, 0.25) is 0 Å². The maximum atomic E-state index is 11.7. The number of thiophene rings is 1. The van der Waals surface area contributed by atoms with Gasteiger partial charge in [0.1, 0.15) is 5.75 Å². The molecule has 0 spiro atoms. The molecule has 0 aliphatic carbocycles. The summed E-state index contributed by atoms with van der Waals surface area (Å²) in [5, 5.41) is 24.5. The predicted molar refractivity (Wildman–Crippen MR) is 71.4 cm³/mol. The van der Waals surface area contributed by atoms with Gasteiger partial charge in [-0.05, 0) is 17.5 Å². The van der Waals surface area contributed by atoms with E-state index in [1.54, 1.807) is 0 Å². The second-order valence-electron chi connectivity index (χ2n) is 3.76. The Morgan fingerprint density at radius 2 is 2.21 bits per heavy atom. The van der Waals surface area contributed by atoms with Crippen LogP contribution >= 0.6 is 11.3 Å². The van der Waals surface area contributed by atoms with Crippen LogP contribution in [0.5, 0.6) is 5.75 Å². The molecule has 1 aromatic heterocycles. The van der Waals surface area contributed by atoms with Gasteiger partial charge in [0.05, 0.1) is 17.0 Å². The highest BCUT2D eigenvalue weighted by Crippen LogP contribution is 2.28. The van der Waals surface area contributed by atoms with E-state index >= 15 is 0 Å². The Morgan fingerprint density at radius 1 is 1.42 bits per heavy atom. The van der Waals surface area contributed by atoms with Crippen LogP contribution in [0.25, 0.3) is 0 Å². The van der Waals surface area contributed by atoms with Crippen LogP contribution in [0.1, 0.15) is 4.88 Å². The van der Waals surface area contributed by atoms with E-state index in [1.807, 2.05) is 17.5 Å². The van der Waals surface area contributed by atoms with Gasteiger partial charge in [-0.3, -0.25) is 14.9 Å². The molecule has 0 saturated carbocycles. The Bertz CT molecular complexity index is 610. The number of nitrogens with one attached hydrogen (secondary N) is 1. The Balaban J connectivity index is 2.11. The van der Waals surface area contributed by atoms with Crippen LogP contribution in [0, 0.1) is 10.1 Å². The summed E-state index contributed by atoms with van der Waals surface area (Å²) in [5.74, 6) is -0.539. The second kappa shape index (κ2) is 5.49. The van der Waals surface area contributed by atoms with E-state index in [0.717, 1.165) is 10.9 Å². The minimum Gasteiger partial charge on any atom is -0.506 e. The number of nitro groups is 1. The summed E-state index contributed by atoms with van der Waals surface area (Å²) in [6, 6.07) is 7.13. The molecule has 98 valence electrons. The number of non-ortho nitro benzene ring substituents is 1. The highest BCUT2D eigenvalue weighted by molar-refractivity contribution is 7.10. The molecule has 0 saturated heterocycles. The molecular weight excluding hydrogens is 268 g/mol. The van der Waals surface area contributed by atoms with Crippen molar-refractivity contribution in [3.8, 4) is 5.75 Å². The van der Waals surface area contributed by atoms with Crippen LogP contribution in [-0.4, -0.2) is 15.9 Å². The molecule has 1 aromatic carbocycles. The van der Waals surface area contributed by atoms with Gasteiger partial charge in [-0.1, -0.05) is 6.07 Å². The molecule has 1 heterocycles. The van der Waals surface area contributed by atoms with Crippen LogP contribution < -0.4 is 5.32 Å². The van der Waals surface area contributed by atoms with E-state index in [1.165, 1.54) is 23.5 Å².